The smallest absolute Gasteiger partial charge is 0.220 e. The van der Waals surface area contributed by atoms with Crippen LogP contribution in [-0.2, 0) is 4.79 Å². The molecule has 0 bridgehead atoms. The van der Waals surface area contributed by atoms with Crippen molar-refractivity contribution in [2.24, 2.45) is 11.7 Å². The highest BCUT2D eigenvalue weighted by Crippen LogP contribution is 2.26. The Morgan fingerprint density at radius 1 is 1.44 bits per heavy atom. The summed E-state index contributed by atoms with van der Waals surface area (Å²) in [5.74, 6) is 0.897. The van der Waals surface area contributed by atoms with E-state index in [4.69, 9.17) is 5.73 Å². The molecular formula is C13H26N2O. The van der Waals surface area contributed by atoms with E-state index in [9.17, 15) is 4.79 Å². The Morgan fingerprint density at radius 3 is 2.94 bits per heavy atom. The number of unbranched alkanes of at least 4 members (excludes halogenated alkanes) is 1. The van der Waals surface area contributed by atoms with Crippen molar-refractivity contribution < 1.29 is 4.79 Å². The van der Waals surface area contributed by atoms with Crippen LogP contribution < -0.4 is 11.1 Å². The van der Waals surface area contributed by atoms with Gasteiger partial charge in [0, 0.05) is 19.0 Å². The average molecular weight is 226 g/mol. The molecule has 2 unspecified atom stereocenters. The van der Waals surface area contributed by atoms with Gasteiger partial charge in [-0.1, -0.05) is 26.2 Å². The maximum absolute atomic E-state index is 11.5. The molecule has 1 fully saturated rings. The molecule has 16 heavy (non-hydrogen) atoms. The SMILES string of the molecule is CCCCNC(=O)CCC1CCCC(N)C1. The van der Waals surface area contributed by atoms with Crippen LogP contribution in [0.2, 0.25) is 0 Å². The van der Waals surface area contributed by atoms with Crippen molar-refractivity contribution in [2.45, 2.75) is 64.3 Å². The minimum Gasteiger partial charge on any atom is -0.356 e. The average Bonchev–Trinajstić information content (AvgIpc) is 2.27. The molecular weight excluding hydrogens is 200 g/mol. The highest BCUT2D eigenvalue weighted by molar-refractivity contribution is 5.75. The molecule has 3 N–H and O–H groups in total. The van der Waals surface area contributed by atoms with Crippen LogP contribution in [0.25, 0.3) is 0 Å². The van der Waals surface area contributed by atoms with E-state index in [1.807, 2.05) is 0 Å². The van der Waals surface area contributed by atoms with Gasteiger partial charge in [-0.2, -0.15) is 0 Å². The van der Waals surface area contributed by atoms with E-state index in [2.05, 4.69) is 12.2 Å². The van der Waals surface area contributed by atoms with Gasteiger partial charge in [0.25, 0.3) is 0 Å². The second kappa shape index (κ2) is 7.66. The summed E-state index contributed by atoms with van der Waals surface area (Å²) in [7, 11) is 0. The Bertz CT molecular complexity index is 206. The Morgan fingerprint density at radius 2 is 2.25 bits per heavy atom. The zero-order valence-corrected chi connectivity index (χ0v) is 10.5. The van der Waals surface area contributed by atoms with Crippen molar-refractivity contribution in [3.63, 3.8) is 0 Å². The molecule has 3 heteroatoms. The van der Waals surface area contributed by atoms with Crippen LogP contribution in [0, 0.1) is 5.92 Å². The molecule has 1 saturated carbocycles. The van der Waals surface area contributed by atoms with Crippen LogP contribution in [0.15, 0.2) is 0 Å². The predicted octanol–water partition coefficient (Wildman–Crippen LogP) is 2.20. The highest BCUT2D eigenvalue weighted by atomic mass is 16.1. The first-order chi connectivity index (χ1) is 7.72. The van der Waals surface area contributed by atoms with E-state index >= 15 is 0 Å². The number of nitrogens with one attached hydrogen (secondary N) is 1. The van der Waals surface area contributed by atoms with Gasteiger partial charge in [-0.05, 0) is 31.6 Å². The van der Waals surface area contributed by atoms with Gasteiger partial charge >= 0.3 is 0 Å². The molecule has 0 aromatic rings. The van der Waals surface area contributed by atoms with Crippen molar-refractivity contribution in [3.8, 4) is 0 Å². The number of hydrogen-bond acceptors (Lipinski definition) is 2. The summed E-state index contributed by atoms with van der Waals surface area (Å²) in [6.07, 6.45) is 8.70. The van der Waals surface area contributed by atoms with E-state index in [0.29, 0.717) is 18.4 Å². The maximum atomic E-state index is 11.5. The molecule has 2 atom stereocenters. The quantitative estimate of drug-likeness (QED) is 0.682. The van der Waals surface area contributed by atoms with Crippen LogP contribution in [-0.4, -0.2) is 18.5 Å². The molecule has 0 radical (unpaired) electrons. The molecule has 0 aliphatic heterocycles. The van der Waals surface area contributed by atoms with Crippen LogP contribution in [0.4, 0.5) is 0 Å². The van der Waals surface area contributed by atoms with Crippen LogP contribution in [0.5, 0.6) is 0 Å². The van der Waals surface area contributed by atoms with Crippen LogP contribution in [0.3, 0.4) is 0 Å². The minimum atomic E-state index is 0.215. The summed E-state index contributed by atoms with van der Waals surface area (Å²) < 4.78 is 0. The molecule has 1 aliphatic rings. The molecule has 94 valence electrons. The van der Waals surface area contributed by atoms with Gasteiger partial charge in [0.15, 0.2) is 0 Å². The van der Waals surface area contributed by atoms with Gasteiger partial charge in [-0.15, -0.1) is 0 Å². The number of carbonyl (C=O) groups excluding carboxylic acids is 1. The second-order valence-electron chi connectivity index (χ2n) is 5.03. The lowest BCUT2D eigenvalue weighted by molar-refractivity contribution is -0.121. The van der Waals surface area contributed by atoms with Crippen LogP contribution in [0.1, 0.15) is 58.3 Å². The topological polar surface area (TPSA) is 55.1 Å². The van der Waals surface area contributed by atoms with Crippen molar-refractivity contribution >= 4 is 5.91 Å². The van der Waals surface area contributed by atoms with Crippen molar-refractivity contribution in [1.82, 2.24) is 5.32 Å². The second-order valence-corrected chi connectivity index (χ2v) is 5.03. The third kappa shape index (κ3) is 5.50. The molecule has 0 saturated heterocycles. The monoisotopic (exact) mass is 226 g/mol. The Kier molecular flexibility index (Phi) is 6.46. The van der Waals surface area contributed by atoms with Gasteiger partial charge in [0.2, 0.25) is 5.91 Å². The lowest BCUT2D eigenvalue weighted by Gasteiger charge is -2.26. The number of rotatable bonds is 6. The standard InChI is InChI=1S/C13H26N2O/c1-2-3-9-15-13(16)8-7-11-5-4-6-12(14)10-11/h11-12H,2-10,14H2,1H3,(H,15,16). The third-order valence-corrected chi connectivity index (χ3v) is 3.46. The van der Waals surface area contributed by atoms with Crippen LogP contribution >= 0.6 is 0 Å². The van der Waals surface area contributed by atoms with E-state index in [1.54, 1.807) is 0 Å². The van der Waals surface area contributed by atoms with Gasteiger partial charge in [0.05, 0.1) is 0 Å². The first-order valence-corrected chi connectivity index (χ1v) is 6.74. The number of amides is 1. The van der Waals surface area contributed by atoms with Gasteiger partial charge < -0.3 is 11.1 Å². The van der Waals surface area contributed by atoms with Gasteiger partial charge in [-0.3, -0.25) is 4.79 Å². The summed E-state index contributed by atoms with van der Waals surface area (Å²) in [6, 6.07) is 0.377. The summed E-state index contributed by atoms with van der Waals surface area (Å²) in [5.41, 5.74) is 5.93. The van der Waals surface area contributed by atoms with E-state index in [-0.39, 0.29) is 5.91 Å². The zero-order chi connectivity index (χ0) is 11.8. The Labute approximate surface area is 99.2 Å². The number of carbonyl (C=O) groups is 1. The molecule has 1 aliphatic carbocycles. The number of nitrogens with two attached hydrogens (primary N) is 1. The fraction of sp³-hybridized carbons (Fsp3) is 0.923. The molecule has 0 aromatic heterocycles. The fourth-order valence-corrected chi connectivity index (χ4v) is 2.42. The molecule has 0 heterocycles. The molecule has 0 spiro atoms. The maximum Gasteiger partial charge on any atom is 0.220 e. The van der Waals surface area contributed by atoms with E-state index in [0.717, 1.165) is 32.2 Å². The van der Waals surface area contributed by atoms with Crippen molar-refractivity contribution in [3.05, 3.63) is 0 Å². The summed E-state index contributed by atoms with van der Waals surface area (Å²) >= 11 is 0. The zero-order valence-electron chi connectivity index (χ0n) is 10.5. The largest absolute Gasteiger partial charge is 0.356 e. The first-order valence-electron chi connectivity index (χ1n) is 6.74. The fourth-order valence-electron chi connectivity index (χ4n) is 2.42. The molecule has 1 amide bonds. The van der Waals surface area contributed by atoms with Crippen molar-refractivity contribution in [2.75, 3.05) is 6.54 Å². The van der Waals surface area contributed by atoms with Gasteiger partial charge in [0.1, 0.15) is 0 Å². The lowest BCUT2D eigenvalue weighted by Crippen LogP contribution is -2.29. The minimum absolute atomic E-state index is 0.215. The van der Waals surface area contributed by atoms with Gasteiger partial charge in [-0.25, -0.2) is 0 Å². The molecule has 1 rings (SSSR count). The first kappa shape index (κ1) is 13.5. The molecule has 3 nitrogen and oxygen atoms in total. The highest BCUT2D eigenvalue weighted by Gasteiger charge is 2.19. The van der Waals surface area contributed by atoms with Crippen molar-refractivity contribution in [1.29, 1.82) is 0 Å². The number of hydrogen-bond donors (Lipinski definition) is 2. The Hall–Kier alpha value is -0.570. The van der Waals surface area contributed by atoms with E-state index < -0.39 is 0 Å². The summed E-state index contributed by atoms with van der Waals surface area (Å²) in [4.78, 5) is 11.5. The third-order valence-electron chi connectivity index (χ3n) is 3.46. The Balaban J connectivity index is 2.06. The lowest BCUT2D eigenvalue weighted by atomic mass is 9.83. The molecule has 0 aromatic carbocycles. The predicted molar refractivity (Wildman–Crippen MR) is 67.1 cm³/mol. The van der Waals surface area contributed by atoms with E-state index in [1.165, 1.54) is 19.3 Å². The summed E-state index contributed by atoms with van der Waals surface area (Å²) in [5, 5.41) is 2.96. The normalized spacial score (nSPS) is 25.4. The summed E-state index contributed by atoms with van der Waals surface area (Å²) in [6.45, 7) is 2.97.